The highest BCUT2D eigenvalue weighted by molar-refractivity contribution is 9.09. The normalized spacial score (nSPS) is 52.0. The van der Waals surface area contributed by atoms with Crippen LogP contribution in [0.4, 0.5) is 0 Å². The molecule has 138 valence electrons. The molecule has 7 atom stereocenters. The summed E-state index contributed by atoms with van der Waals surface area (Å²) in [4.78, 5) is 24.2. The Labute approximate surface area is 158 Å². The van der Waals surface area contributed by atoms with Gasteiger partial charge in [0.05, 0.1) is 4.83 Å². The first kappa shape index (κ1) is 17.9. The molecule has 1 N–H and O–H groups in total. The number of allylic oxidation sites excluding steroid dienone is 1. The summed E-state index contributed by atoms with van der Waals surface area (Å²) in [6.45, 7) is 6.06. The topological polar surface area (TPSA) is 54.4 Å². The number of Topliss-reactive ketones (excluding diaryl/α,β-unsaturated/α-hetero) is 1. The van der Waals surface area contributed by atoms with E-state index in [1.165, 1.54) is 5.57 Å². The fourth-order valence-corrected chi connectivity index (χ4v) is 8.41. The van der Waals surface area contributed by atoms with Gasteiger partial charge in [0.1, 0.15) is 5.60 Å². The minimum Gasteiger partial charge on any atom is -0.380 e. The van der Waals surface area contributed by atoms with Gasteiger partial charge >= 0.3 is 0 Å². The van der Waals surface area contributed by atoms with E-state index in [0.717, 1.165) is 38.5 Å². The van der Waals surface area contributed by atoms with Gasteiger partial charge in [-0.25, -0.2) is 0 Å². The van der Waals surface area contributed by atoms with Gasteiger partial charge in [-0.05, 0) is 74.7 Å². The van der Waals surface area contributed by atoms with Gasteiger partial charge in [0.15, 0.2) is 11.6 Å². The lowest BCUT2D eigenvalue weighted by Crippen LogP contribution is -2.59. The van der Waals surface area contributed by atoms with Crippen molar-refractivity contribution in [3.8, 4) is 0 Å². The van der Waals surface area contributed by atoms with E-state index < -0.39 is 5.60 Å². The second-order valence-electron chi connectivity index (χ2n) is 9.45. The highest BCUT2D eigenvalue weighted by atomic mass is 79.9. The quantitative estimate of drug-likeness (QED) is 0.660. The molecule has 0 bridgehead atoms. The molecule has 3 nitrogen and oxygen atoms in total. The van der Waals surface area contributed by atoms with E-state index in [0.29, 0.717) is 30.0 Å². The number of aliphatic hydroxyl groups is 1. The summed E-state index contributed by atoms with van der Waals surface area (Å²) in [5, 5.41) is 11.4. The minimum atomic E-state index is -1.25. The molecular formula is C21H29BrO3. The van der Waals surface area contributed by atoms with Crippen LogP contribution in [-0.4, -0.2) is 27.1 Å². The van der Waals surface area contributed by atoms with Crippen molar-refractivity contribution < 1.29 is 14.7 Å². The Morgan fingerprint density at radius 3 is 2.60 bits per heavy atom. The van der Waals surface area contributed by atoms with E-state index in [9.17, 15) is 14.7 Å². The SMILES string of the molecule is CC(=O)[C@@]1(O)C(Br)CC2[C@@H]3CCC4=CC(=O)CC[C@]4(C)[C@@H]3CC[C@@]21C. The summed E-state index contributed by atoms with van der Waals surface area (Å²) in [6.07, 6.45) is 8.49. The second-order valence-corrected chi connectivity index (χ2v) is 10.6. The number of hydrogen-bond acceptors (Lipinski definition) is 3. The third-order valence-electron chi connectivity index (χ3n) is 8.67. The molecule has 0 saturated heterocycles. The molecule has 0 heterocycles. The van der Waals surface area contributed by atoms with Crippen LogP contribution in [0.15, 0.2) is 11.6 Å². The summed E-state index contributed by atoms with van der Waals surface area (Å²) in [5.41, 5.74) is -0.0844. The van der Waals surface area contributed by atoms with E-state index in [2.05, 4.69) is 29.8 Å². The number of ketones is 2. The molecule has 4 aliphatic rings. The lowest BCUT2D eigenvalue weighted by Gasteiger charge is -2.58. The number of hydrogen-bond donors (Lipinski definition) is 1. The molecule has 0 aliphatic heterocycles. The molecule has 4 rings (SSSR count). The number of carbonyl (C=O) groups is 2. The molecule has 3 fully saturated rings. The van der Waals surface area contributed by atoms with Crippen LogP contribution in [0.3, 0.4) is 0 Å². The van der Waals surface area contributed by atoms with Crippen LogP contribution in [0.2, 0.25) is 0 Å². The van der Waals surface area contributed by atoms with Crippen molar-refractivity contribution in [1.29, 1.82) is 0 Å². The second kappa shape index (κ2) is 5.51. The first-order chi connectivity index (χ1) is 11.6. The van der Waals surface area contributed by atoms with Gasteiger partial charge in [-0.1, -0.05) is 35.4 Å². The maximum Gasteiger partial charge on any atom is 0.163 e. The van der Waals surface area contributed by atoms with Crippen molar-refractivity contribution in [2.24, 2.45) is 28.6 Å². The summed E-state index contributed by atoms with van der Waals surface area (Å²) in [6, 6.07) is 0. The summed E-state index contributed by atoms with van der Waals surface area (Å²) in [5.74, 6) is 1.69. The maximum atomic E-state index is 12.4. The summed E-state index contributed by atoms with van der Waals surface area (Å²) >= 11 is 3.67. The fourth-order valence-electron chi connectivity index (χ4n) is 7.16. The number of fused-ring (bicyclic) bond motifs is 5. The Morgan fingerprint density at radius 1 is 1.20 bits per heavy atom. The molecule has 3 saturated carbocycles. The Morgan fingerprint density at radius 2 is 1.92 bits per heavy atom. The molecule has 0 radical (unpaired) electrons. The van der Waals surface area contributed by atoms with Gasteiger partial charge in [0.2, 0.25) is 0 Å². The maximum absolute atomic E-state index is 12.4. The molecule has 0 aromatic heterocycles. The van der Waals surface area contributed by atoms with Crippen molar-refractivity contribution in [1.82, 2.24) is 0 Å². The standard InChI is InChI=1S/C21H29BrO3/c1-12(23)21(25)18(22)11-17-15-5-4-13-10-14(24)6-8-19(13,2)16(15)7-9-20(17,21)3/h10,15-18,25H,4-9,11H2,1-3H3/t15-,16-,17?,18?,19+,20+,21-/m1/s1. The molecule has 4 aliphatic carbocycles. The van der Waals surface area contributed by atoms with E-state index in [1.807, 2.05) is 6.08 Å². The monoisotopic (exact) mass is 408 g/mol. The van der Waals surface area contributed by atoms with E-state index in [4.69, 9.17) is 0 Å². The molecule has 0 aromatic carbocycles. The van der Waals surface area contributed by atoms with Crippen LogP contribution in [0.25, 0.3) is 0 Å². The first-order valence-corrected chi connectivity index (χ1v) is 10.7. The molecular weight excluding hydrogens is 380 g/mol. The third-order valence-corrected chi connectivity index (χ3v) is 9.71. The highest BCUT2D eigenvalue weighted by Crippen LogP contribution is 2.68. The predicted octanol–water partition coefficient (Wildman–Crippen LogP) is 4.21. The van der Waals surface area contributed by atoms with Gasteiger partial charge in [-0.3, -0.25) is 9.59 Å². The number of carbonyl (C=O) groups excluding carboxylic acids is 2. The van der Waals surface area contributed by atoms with Gasteiger partial charge in [-0.2, -0.15) is 0 Å². The van der Waals surface area contributed by atoms with Crippen LogP contribution in [0.1, 0.15) is 65.7 Å². The van der Waals surface area contributed by atoms with Crippen molar-refractivity contribution in [2.45, 2.75) is 76.1 Å². The van der Waals surface area contributed by atoms with E-state index >= 15 is 0 Å². The molecule has 0 spiro atoms. The molecule has 25 heavy (non-hydrogen) atoms. The minimum absolute atomic E-state index is 0.0938. The summed E-state index contributed by atoms with van der Waals surface area (Å²) < 4.78 is 0. The van der Waals surface area contributed by atoms with Gasteiger partial charge in [-0.15, -0.1) is 0 Å². The zero-order chi connectivity index (χ0) is 18.2. The Bertz CT molecular complexity index is 670. The Kier molecular flexibility index (Phi) is 3.95. The largest absolute Gasteiger partial charge is 0.380 e. The van der Waals surface area contributed by atoms with Gasteiger partial charge in [0, 0.05) is 11.8 Å². The van der Waals surface area contributed by atoms with Crippen molar-refractivity contribution in [3.05, 3.63) is 11.6 Å². The first-order valence-electron chi connectivity index (χ1n) is 9.76. The zero-order valence-electron chi connectivity index (χ0n) is 15.5. The van der Waals surface area contributed by atoms with Crippen molar-refractivity contribution >= 4 is 27.5 Å². The van der Waals surface area contributed by atoms with Crippen LogP contribution in [0, 0.1) is 28.6 Å². The summed E-state index contributed by atoms with van der Waals surface area (Å²) in [7, 11) is 0. The molecule has 4 heteroatoms. The van der Waals surface area contributed by atoms with Crippen LogP contribution in [0.5, 0.6) is 0 Å². The molecule has 2 unspecified atom stereocenters. The highest BCUT2D eigenvalue weighted by Gasteiger charge is 2.68. The average Bonchev–Trinajstić information content (AvgIpc) is 2.77. The predicted molar refractivity (Wildman–Crippen MR) is 100 cm³/mol. The van der Waals surface area contributed by atoms with Gasteiger partial charge in [0.25, 0.3) is 0 Å². The van der Waals surface area contributed by atoms with Crippen molar-refractivity contribution in [2.75, 3.05) is 0 Å². The third kappa shape index (κ3) is 2.13. The smallest absolute Gasteiger partial charge is 0.163 e. The van der Waals surface area contributed by atoms with E-state index in [-0.39, 0.29) is 21.4 Å². The van der Waals surface area contributed by atoms with Crippen LogP contribution < -0.4 is 0 Å². The molecule has 0 amide bonds. The molecule has 0 aromatic rings. The Hall–Kier alpha value is -0.480. The number of rotatable bonds is 1. The number of halogens is 1. The van der Waals surface area contributed by atoms with E-state index in [1.54, 1.807) is 6.92 Å². The van der Waals surface area contributed by atoms with Crippen molar-refractivity contribution in [3.63, 3.8) is 0 Å². The lowest BCUT2D eigenvalue weighted by atomic mass is 9.46. The van der Waals surface area contributed by atoms with Crippen LogP contribution in [-0.2, 0) is 9.59 Å². The zero-order valence-corrected chi connectivity index (χ0v) is 17.1. The Balaban J connectivity index is 1.72. The average molecular weight is 409 g/mol. The van der Waals surface area contributed by atoms with Gasteiger partial charge < -0.3 is 5.11 Å². The number of alkyl halides is 1. The fraction of sp³-hybridized carbons (Fsp3) is 0.810. The lowest BCUT2D eigenvalue weighted by molar-refractivity contribution is -0.159. The van der Waals surface area contributed by atoms with Crippen LogP contribution >= 0.6 is 15.9 Å².